The van der Waals surface area contributed by atoms with Gasteiger partial charge in [0.25, 0.3) is 0 Å². The lowest BCUT2D eigenvalue weighted by molar-refractivity contribution is 0.0946. The first-order valence-electron chi connectivity index (χ1n) is 6.71. The molecule has 0 bridgehead atoms. The van der Waals surface area contributed by atoms with Crippen molar-refractivity contribution in [1.82, 2.24) is 4.90 Å². The van der Waals surface area contributed by atoms with E-state index in [-0.39, 0.29) is 25.1 Å². The molecular weight excluding hydrogens is 247 g/mol. The maximum Gasteiger partial charge on any atom is 0.123 e. The van der Waals surface area contributed by atoms with Crippen LogP contribution in [0.3, 0.4) is 0 Å². The van der Waals surface area contributed by atoms with E-state index in [2.05, 4.69) is 9.80 Å². The fraction of sp³-hybridized carbons (Fsp3) is 0.571. The van der Waals surface area contributed by atoms with Gasteiger partial charge in [-0.05, 0) is 30.7 Å². The maximum atomic E-state index is 12.9. The van der Waals surface area contributed by atoms with Gasteiger partial charge in [0.2, 0.25) is 0 Å². The van der Waals surface area contributed by atoms with Gasteiger partial charge in [0.1, 0.15) is 5.82 Å². The van der Waals surface area contributed by atoms with Crippen LogP contribution in [0.4, 0.5) is 10.1 Å². The topological polar surface area (TPSA) is 46.9 Å². The number of halogens is 1. The van der Waals surface area contributed by atoms with Crippen LogP contribution in [0, 0.1) is 5.82 Å². The third-order valence-electron chi connectivity index (χ3n) is 3.70. The molecule has 0 spiro atoms. The van der Waals surface area contributed by atoms with E-state index in [0.717, 1.165) is 31.9 Å². The molecule has 0 saturated carbocycles. The van der Waals surface area contributed by atoms with E-state index in [1.165, 1.54) is 12.1 Å². The summed E-state index contributed by atoms with van der Waals surface area (Å²) in [5.41, 5.74) is 1.03. The highest BCUT2D eigenvalue weighted by Gasteiger charge is 2.23. The Hall–Kier alpha value is -1.17. The number of nitrogens with zero attached hydrogens (tertiary/aromatic N) is 2. The molecule has 1 aliphatic rings. The fourth-order valence-corrected chi connectivity index (χ4v) is 2.54. The Labute approximate surface area is 113 Å². The molecule has 0 aromatic heterocycles. The highest BCUT2D eigenvalue weighted by molar-refractivity contribution is 5.46. The number of anilines is 1. The van der Waals surface area contributed by atoms with Crippen LogP contribution < -0.4 is 4.90 Å². The molecule has 1 aromatic rings. The van der Waals surface area contributed by atoms with Crippen LogP contribution in [-0.4, -0.2) is 60.5 Å². The summed E-state index contributed by atoms with van der Waals surface area (Å²) < 4.78 is 12.9. The zero-order chi connectivity index (χ0) is 13.7. The predicted molar refractivity (Wildman–Crippen MR) is 72.8 cm³/mol. The summed E-state index contributed by atoms with van der Waals surface area (Å²) in [6.07, 6.45) is 0.604. The molecule has 2 rings (SSSR count). The van der Waals surface area contributed by atoms with E-state index in [4.69, 9.17) is 5.11 Å². The van der Waals surface area contributed by atoms with Crippen LogP contribution in [-0.2, 0) is 0 Å². The monoisotopic (exact) mass is 268 g/mol. The van der Waals surface area contributed by atoms with Crippen LogP contribution in [0.25, 0.3) is 0 Å². The van der Waals surface area contributed by atoms with E-state index in [0.29, 0.717) is 6.42 Å². The molecule has 19 heavy (non-hydrogen) atoms. The average Bonchev–Trinajstić information content (AvgIpc) is 2.46. The van der Waals surface area contributed by atoms with Gasteiger partial charge in [-0.3, -0.25) is 4.90 Å². The molecule has 2 N–H and O–H groups in total. The summed E-state index contributed by atoms with van der Waals surface area (Å²) in [5.74, 6) is -0.217. The quantitative estimate of drug-likeness (QED) is 0.825. The van der Waals surface area contributed by atoms with Crippen molar-refractivity contribution in [3.63, 3.8) is 0 Å². The van der Waals surface area contributed by atoms with Gasteiger partial charge in [-0.2, -0.15) is 0 Å². The SMILES string of the molecule is OCCC(CO)N1CCN(c2ccc(F)cc2)CC1. The van der Waals surface area contributed by atoms with Crippen molar-refractivity contribution in [2.75, 3.05) is 44.3 Å². The summed E-state index contributed by atoms with van der Waals surface area (Å²) in [4.78, 5) is 4.42. The Morgan fingerprint density at radius 1 is 1.05 bits per heavy atom. The van der Waals surface area contributed by atoms with Gasteiger partial charge in [0, 0.05) is 44.5 Å². The van der Waals surface area contributed by atoms with Gasteiger partial charge in [-0.15, -0.1) is 0 Å². The standard InChI is InChI=1S/C14H21FN2O2/c15-12-1-3-13(4-2-12)16-6-8-17(9-7-16)14(11-19)5-10-18/h1-4,14,18-19H,5-11H2. The summed E-state index contributed by atoms with van der Waals surface area (Å²) >= 11 is 0. The average molecular weight is 268 g/mol. The number of piperazine rings is 1. The van der Waals surface area contributed by atoms with Crippen molar-refractivity contribution in [2.45, 2.75) is 12.5 Å². The van der Waals surface area contributed by atoms with Crippen LogP contribution in [0.2, 0.25) is 0 Å². The van der Waals surface area contributed by atoms with E-state index in [1.807, 2.05) is 0 Å². The smallest absolute Gasteiger partial charge is 0.123 e. The second-order valence-corrected chi connectivity index (χ2v) is 4.85. The minimum absolute atomic E-state index is 0.0420. The minimum Gasteiger partial charge on any atom is -0.396 e. The molecule has 1 atom stereocenters. The first-order valence-corrected chi connectivity index (χ1v) is 6.71. The van der Waals surface area contributed by atoms with Gasteiger partial charge >= 0.3 is 0 Å². The first-order chi connectivity index (χ1) is 9.24. The molecule has 1 aromatic carbocycles. The van der Waals surface area contributed by atoms with E-state index in [1.54, 1.807) is 12.1 Å². The lowest BCUT2D eigenvalue weighted by atomic mass is 10.1. The van der Waals surface area contributed by atoms with Gasteiger partial charge in [0.15, 0.2) is 0 Å². The second-order valence-electron chi connectivity index (χ2n) is 4.85. The van der Waals surface area contributed by atoms with Crippen molar-refractivity contribution < 1.29 is 14.6 Å². The van der Waals surface area contributed by atoms with Crippen LogP contribution in [0.5, 0.6) is 0 Å². The third-order valence-corrected chi connectivity index (χ3v) is 3.70. The highest BCUT2D eigenvalue weighted by Crippen LogP contribution is 2.18. The van der Waals surface area contributed by atoms with Gasteiger partial charge in [-0.25, -0.2) is 4.39 Å². The normalized spacial score (nSPS) is 18.6. The van der Waals surface area contributed by atoms with E-state index in [9.17, 15) is 9.50 Å². The molecule has 1 fully saturated rings. The fourth-order valence-electron chi connectivity index (χ4n) is 2.54. The molecule has 0 radical (unpaired) electrons. The maximum absolute atomic E-state index is 12.9. The highest BCUT2D eigenvalue weighted by atomic mass is 19.1. The number of hydrogen-bond donors (Lipinski definition) is 2. The molecule has 106 valence electrons. The lowest BCUT2D eigenvalue weighted by Gasteiger charge is -2.39. The summed E-state index contributed by atoms with van der Waals surface area (Å²) in [5, 5.41) is 18.3. The third kappa shape index (κ3) is 3.65. The van der Waals surface area contributed by atoms with E-state index < -0.39 is 0 Å². The van der Waals surface area contributed by atoms with Crippen molar-refractivity contribution in [2.24, 2.45) is 0 Å². The van der Waals surface area contributed by atoms with E-state index >= 15 is 0 Å². The van der Waals surface area contributed by atoms with Crippen LogP contribution >= 0.6 is 0 Å². The number of benzene rings is 1. The summed E-state index contributed by atoms with van der Waals surface area (Å²) in [6.45, 7) is 3.59. The summed E-state index contributed by atoms with van der Waals surface area (Å²) in [6, 6.07) is 6.58. The molecule has 1 unspecified atom stereocenters. The largest absolute Gasteiger partial charge is 0.396 e. The number of aliphatic hydroxyl groups excluding tert-OH is 2. The molecule has 4 nitrogen and oxygen atoms in total. The Morgan fingerprint density at radius 2 is 1.68 bits per heavy atom. The Morgan fingerprint density at radius 3 is 2.21 bits per heavy atom. The summed E-state index contributed by atoms with van der Waals surface area (Å²) in [7, 11) is 0. The van der Waals surface area contributed by atoms with Gasteiger partial charge < -0.3 is 15.1 Å². The predicted octanol–water partition coefficient (Wildman–Crippen LogP) is 0.691. The molecule has 1 heterocycles. The molecule has 0 aliphatic carbocycles. The molecule has 1 aliphatic heterocycles. The van der Waals surface area contributed by atoms with Crippen molar-refractivity contribution >= 4 is 5.69 Å². The van der Waals surface area contributed by atoms with Crippen molar-refractivity contribution in [3.05, 3.63) is 30.1 Å². The van der Waals surface area contributed by atoms with Crippen LogP contribution in [0.1, 0.15) is 6.42 Å². The minimum atomic E-state index is -0.217. The number of hydrogen-bond acceptors (Lipinski definition) is 4. The molecule has 0 amide bonds. The van der Waals surface area contributed by atoms with Crippen LogP contribution in [0.15, 0.2) is 24.3 Å². The van der Waals surface area contributed by atoms with Crippen molar-refractivity contribution in [1.29, 1.82) is 0 Å². The van der Waals surface area contributed by atoms with Gasteiger partial charge in [0.05, 0.1) is 6.61 Å². The molecular formula is C14H21FN2O2. The van der Waals surface area contributed by atoms with Crippen molar-refractivity contribution in [3.8, 4) is 0 Å². The molecule has 5 heteroatoms. The number of aliphatic hydroxyl groups is 2. The zero-order valence-electron chi connectivity index (χ0n) is 11.0. The Kier molecular flexibility index (Phi) is 5.13. The first kappa shape index (κ1) is 14.2. The number of rotatable bonds is 5. The molecule has 1 saturated heterocycles. The lowest BCUT2D eigenvalue weighted by Crippen LogP contribution is -2.51. The Bertz CT molecular complexity index is 378. The Balaban J connectivity index is 1.89. The second kappa shape index (κ2) is 6.84. The zero-order valence-corrected chi connectivity index (χ0v) is 11.0. The van der Waals surface area contributed by atoms with Gasteiger partial charge in [-0.1, -0.05) is 0 Å².